The molecule has 2 bridgehead atoms. The van der Waals surface area contributed by atoms with Crippen LogP contribution in [-0.4, -0.2) is 126 Å². The van der Waals surface area contributed by atoms with Crippen molar-refractivity contribution >= 4 is 57.3 Å². The van der Waals surface area contributed by atoms with Crippen molar-refractivity contribution in [2.75, 3.05) is 26.6 Å². The number of carbonyl (C=O) groups is 6. The first-order chi connectivity index (χ1) is 34.5. The van der Waals surface area contributed by atoms with E-state index in [1.54, 1.807) is 115 Å². The van der Waals surface area contributed by atoms with Crippen LogP contribution in [0.5, 0.6) is 0 Å². The van der Waals surface area contributed by atoms with Crippen molar-refractivity contribution in [2.45, 2.75) is 146 Å². The summed E-state index contributed by atoms with van der Waals surface area (Å²) < 4.78 is 49.4. The van der Waals surface area contributed by atoms with Crippen LogP contribution in [0.3, 0.4) is 0 Å². The summed E-state index contributed by atoms with van der Waals surface area (Å²) in [6.45, 7) is 12.7. The SMILES string of the molecule is CO[C@H]1C(=O)[C@]2(C)[C@@H](OC)C[C@H]3OC[C@@]3(OC(C)=O)[C@H]2[C@H](OC(=O)c2ccccc2)[C@]2(O)C[C@H](OC(=O)[C@H](OC(=O)CCCSSc3ccccn3)[C@@H](NC(=O)OC(C)(C)C)c3ccccc3)C(C)=C1C2(C)C. The Hall–Kier alpha value is -5.31. The third-order valence-corrected chi connectivity index (χ3v) is 17.0. The number of pyridine rings is 1. The van der Waals surface area contributed by atoms with E-state index in [9.17, 15) is 24.3 Å². The van der Waals surface area contributed by atoms with Gasteiger partial charge >= 0.3 is 30.0 Å². The topological polar surface area (TPSA) is 221 Å². The maximum Gasteiger partial charge on any atom is 0.408 e. The summed E-state index contributed by atoms with van der Waals surface area (Å²) in [5, 5.41) is 17.6. The average Bonchev–Trinajstić information content (AvgIpc) is 3.34. The normalized spacial score (nSPS) is 29.1. The minimum absolute atomic E-state index is 0.0986. The number of hydrogen-bond donors (Lipinski definition) is 2. The molecule has 1 aromatic heterocycles. The van der Waals surface area contributed by atoms with Crippen LogP contribution in [0, 0.1) is 16.7 Å². The highest BCUT2D eigenvalue weighted by Gasteiger charge is 2.78. The average molecular weight is 1050 g/mol. The zero-order valence-electron chi connectivity index (χ0n) is 42.9. The summed E-state index contributed by atoms with van der Waals surface area (Å²) >= 11 is 0. The van der Waals surface area contributed by atoms with Gasteiger partial charge in [0.2, 0.25) is 6.10 Å². The van der Waals surface area contributed by atoms with Crippen LogP contribution in [0.4, 0.5) is 4.79 Å². The standard InChI is InChI=1S/C54H66N2O15S2/c1-31-35(67-48(61)43(68-39(58)25-19-27-72-73-38-24-17-18-26-55-38)41(33-20-13-11-14-21-33)56-49(62)71-50(3,4)5)29-54(63)46(69-47(60)34-22-15-12-16-23-34)44-52(8,45(59)42(65-10)40(31)51(54,6)7)36(64-9)28-37-53(44,30-66-37)70-32(2)57/h11-18,20-24,26,35-37,41-44,46,63H,19,25,27-30H2,1-10H3,(H,56,62)/t35-,36-,37+,41-,42+,43+,44-,46-,52+,53-,54+/m0/s1. The highest BCUT2D eigenvalue weighted by Crippen LogP contribution is 2.65. The lowest BCUT2D eigenvalue weighted by Gasteiger charge is -2.67. The van der Waals surface area contributed by atoms with Gasteiger partial charge in [-0.25, -0.2) is 19.4 Å². The van der Waals surface area contributed by atoms with E-state index < -0.39 is 118 Å². The van der Waals surface area contributed by atoms with Gasteiger partial charge in [-0.1, -0.05) is 79.2 Å². The Morgan fingerprint density at radius 1 is 0.932 bits per heavy atom. The summed E-state index contributed by atoms with van der Waals surface area (Å²) in [5.74, 6) is -4.81. The van der Waals surface area contributed by atoms with Crippen molar-refractivity contribution in [1.82, 2.24) is 10.3 Å². The van der Waals surface area contributed by atoms with E-state index in [4.69, 9.17) is 37.9 Å². The number of nitrogens with one attached hydrogen (secondary N) is 1. The number of amides is 1. The van der Waals surface area contributed by atoms with Crippen molar-refractivity contribution in [3.8, 4) is 0 Å². The summed E-state index contributed by atoms with van der Waals surface area (Å²) in [6, 6.07) is 20.7. The van der Waals surface area contributed by atoms with Gasteiger partial charge in [-0.2, -0.15) is 0 Å². The minimum Gasteiger partial charge on any atom is -0.455 e. The largest absolute Gasteiger partial charge is 0.455 e. The number of aliphatic hydroxyl groups is 1. The number of methoxy groups -OCH3 is 2. The Balaban J connectivity index is 1.33. The minimum atomic E-state index is -2.28. The highest BCUT2D eigenvalue weighted by atomic mass is 33.1. The van der Waals surface area contributed by atoms with Crippen LogP contribution in [-0.2, 0) is 57.1 Å². The van der Waals surface area contributed by atoms with E-state index in [1.165, 1.54) is 42.7 Å². The molecule has 0 radical (unpaired) electrons. The fourth-order valence-electron chi connectivity index (χ4n) is 11.1. The Morgan fingerprint density at radius 3 is 2.19 bits per heavy atom. The molecule has 17 nitrogen and oxygen atoms in total. The third kappa shape index (κ3) is 11.1. The van der Waals surface area contributed by atoms with Gasteiger partial charge < -0.3 is 48.3 Å². The van der Waals surface area contributed by atoms with Crippen molar-refractivity contribution in [3.63, 3.8) is 0 Å². The molecule has 2 saturated carbocycles. The van der Waals surface area contributed by atoms with E-state index in [-0.39, 0.29) is 30.6 Å². The molecular weight excluding hydrogens is 981 g/mol. The van der Waals surface area contributed by atoms with Crippen molar-refractivity contribution in [3.05, 3.63) is 107 Å². The summed E-state index contributed by atoms with van der Waals surface area (Å²) in [5.41, 5.74) is -7.05. The molecule has 7 rings (SSSR count). The summed E-state index contributed by atoms with van der Waals surface area (Å²) in [6.07, 6.45) is -7.55. The fraction of sp³-hybridized carbons (Fsp3) is 0.537. The van der Waals surface area contributed by atoms with Gasteiger partial charge in [0.05, 0.1) is 29.6 Å². The van der Waals surface area contributed by atoms with Crippen molar-refractivity contribution in [2.24, 2.45) is 16.7 Å². The molecule has 3 fully saturated rings. The first-order valence-corrected chi connectivity index (χ1v) is 26.6. The Labute approximate surface area is 433 Å². The molecule has 3 aromatic rings. The maximum atomic E-state index is 15.8. The van der Waals surface area contributed by atoms with E-state index in [0.717, 1.165) is 5.03 Å². The first-order valence-electron chi connectivity index (χ1n) is 24.3. The van der Waals surface area contributed by atoms with E-state index >= 15 is 9.59 Å². The van der Waals surface area contributed by atoms with Crippen molar-refractivity contribution in [1.29, 1.82) is 0 Å². The Kier molecular flexibility index (Phi) is 16.9. The van der Waals surface area contributed by atoms with Crippen molar-refractivity contribution < 1.29 is 71.8 Å². The zero-order valence-corrected chi connectivity index (χ0v) is 44.5. The van der Waals surface area contributed by atoms with Gasteiger partial charge in [-0.15, -0.1) is 0 Å². The molecule has 2 heterocycles. The molecule has 73 heavy (non-hydrogen) atoms. The molecule has 1 saturated heterocycles. The van der Waals surface area contributed by atoms with E-state index in [0.29, 0.717) is 23.3 Å². The maximum absolute atomic E-state index is 15.8. The fourth-order valence-corrected chi connectivity index (χ4v) is 13.1. The highest BCUT2D eigenvalue weighted by molar-refractivity contribution is 8.76. The number of ether oxygens (including phenoxy) is 8. The number of esters is 4. The lowest BCUT2D eigenvalue weighted by molar-refractivity contribution is -0.347. The van der Waals surface area contributed by atoms with Crippen LogP contribution >= 0.6 is 21.6 Å². The quantitative estimate of drug-likeness (QED) is 0.0434. The van der Waals surface area contributed by atoms with E-state index in [1.807, 2.05) is 18.2 Å². The molecule has 19 heteroatoms. The molecule has 3 aliphatic carbocycles. The number of rotatable bonds is 17. The number of ketones is 1. The predicted molar refractivity (Wildman–Crippen MR) is 269 cm³/mol. The van der Waals surface area contributed by atoms with Crippen LogP contribution in [0.2, 0.25) is 0 Å². The number of aromatic nitrogens is 1. The molecule has 0 unspecified atom stereocenters. The van der Waals surface area contributed by atoms with Crippen LogP contribution < -0.4 is 5.32 Å². The molecule has 4 aliphatic rings. The van der Waals surface area contributed by atoms with Gasteiger partial charge in [0.15, 0.2) is 11.4 Å². The Morgan fingerprint density at radius 2 is 1.60 bits per heavy atom. The summed E-state index contributed by atoms with van der Waals surface area (Å²) in [7, 11) is 5.73. The second kappa shape index (κ2) is 22.3. The number of nitrogens with zero attached hydrogens (tertiary/aromatic N) is 1. The van der Waals surface area contributed by atoms with Gasteiger partial charge in [0.1, 0.15) is 46.7 Å². The number of fused-ring (bicyclic) bond motifs is 5. The van der Waals surface area contributed by atoms with Crippen LogP contribution in [0.1, 0.15) is 103 Å². The molecule has 1 amide bonds. The number of hydrogen-bond acceptors (Lipinski definition) is 18. The van der Waals surface area contributed by atoms with E-state index in [2.05, 4.69) is 10.3 Å². The Bertz CT molecular complexity index is 2540. The third-order valence-electron chi connectivity index (χ3n) is 14.7. The van der Waals surface area contributed by atoms with Gasteiger partial charge in [-0.3, -0.25) is 14.4 Å². The molecule has 2 N–H and O–H groups in total. The molecule has 11 atom stereocenters. The molecule has 0 spiro atoms. The lowest BCUT2D eigenvalue weighted by atomic mass is 9.44. The monoisotopic (exact) mass is 1050 g/mol. The molecule has 1 aliphatic heterocycles. The molecule has 394 valence electrons. The van der Waals surface area contributed by atoms with Gasteiger partial charge in [0, 0.05) is 57.8 Å². The lowest BCUT2D eigenvalue weighted by Crippen LogP contribution is -2.82. The zero-order chi connectivity index (χ0) is 53.1. The number of alkyl carbamates (subject to hydrolysis) is 1. The smallest absolute Gasteiger partial charge is 0.408 e. The van der Waals surface area contributed by atoms with Gasteiger partial charge in [0.25, 0.3) is 0 Å². The second-order valence-electron chi connectivity index (χ2n) is 20.6. The van der Waals surface area contributed by atoms with Crippen LogP contribution in [0.15, 0.2) is 101 Å². The second-order valence-corrected chi connectivity index (χ2v) is 23.1. The number of carbonyl (C=O) groups excluding carboxylic acids is 6. The van der Waals surface area contributed by atoms with Gasteiger partial charge in [-0.05, 0) is 92.8 Å². The van der Waals surface area contributed by atoms with Crippen LogP contribution in [0.25, 0.3) is 0 Å². The molecular formula is C54H66N2O15S2. The summed E-state index contributed by atoms with van der Waals surface area (Å²) in [4.78, 5) is 90.7. The predicted octanol–water partition coefficient (Wildman–Crippen LogP) is 7.73. The first kappa shape index (κ1) is 55.4. The number of Topliss-reactive ketones (excluding diaryl/α,β-unsaturated/α-hetero) is 1. The molecule has 2 aromatic carbocycles. The number of benzene rings is 2.